The van der Waals surface area contributed by atoms with Crippen LogP contribution in [0.25, 0.3) is 16.5 Å². The molecule has 0 saturated carbocycles. The minimum Gasteiger partial charge on any atom is -0.478 e. The summed E-state index contributed by atoms with van der Waals surface area (Å²) in [6, 6.07) is 1.14. The quantitative estimate of drug-likeness (QED) is 0.368. The second-order valence-electron chi connectivity index (χ2n) is 3.04. The number of pyridine rings is 1. The number of hydrogen-bond acceptors (Lipinski definition) is 3. The number of carboxylic acids is 1. The van der Waals surface area contributed by atoms with Crippen LogP contribution in [0.15, 0.2) is 23.5 Å². The molecule has 0 atom stereocenters. The molecule has 0 amide bonds. The van der Waals surface area contributed by atoms with Crippen molar-refractivity contribution in [3.8, 4) is 0 Å². The Morgan fingerprint density at radius 3 is 3.12 bits per heavy atom. The third kappa shape index (κ3) is 3.92. The van der Waals surface area contributed by atoms with E-state index < -0.39 is 17.3 Å². The van der Waals surface area contributed by atoms with E-state index in [2.05, 4.69) is 15.0 Å². The van der Waals surface area contributed by atoms with E-state index in [0.29, 0.717) is 18.7 Å². The van der Waals surface area contributed by atoms with Gasteiger partial charge in [0.1, 0.15) is 0 Å². The molecule has 0 fully saturated rings. The van der Waals surface area contributed by atoms with Crippen molar-refractivity contribution >= 4 is 12.0 Å². The number of halogens is 1. The molecule has 1 aromatic heterocycles. The van der Waals surface area contributed by atoms with E-state index in [9.17, 15) is 9.18 Å². The van der Waals surface area contributed by atoms with Crippen molar-refractivity contribution in [2.24, 2.45) is 5.11 Å². The maximum absolute atomic E-state index is 13.0. The molecule has 0 aliphatic heterocycles. The summed E-state index contributed by atoms with van der Waals surface area (Å²) in [5.74, 6) is -2.21. The minimum absolute atomic E-state index is 0.306. The number of carboxylic acid groups (broad SMARTS) is 1. The number of rotatable bonds is 5. The Balaban J connectivity index is 2.75. The molecule has 6 nitrogen and oxygen atoms in total. The SMILES string of the molecule is [N-]=[N+]=NCCC=Cc1cc(C(=O)O)c(F)cn1. The van der Waals surface area contributed by atoms with Gasteiger partial charge in [0.15, 0.2) is 5.82 Å². The van der Waals surface area contributed by atoms with Crippen molar-refractivity contribution in [3.63, 3.8) is 0 Å². The number of hydrogen-bond donors (Lipinski definition) is 1. The van der Waals surface area contributed by atoms with Gasteiger partial charge in [-0.1, -0.05) is 11.2 Å². The summed E-state index contributed by atoms with van der Waals surface area (Å²) in [4.78, 5) is 16.9. The van der Waals surface area contributed by atoms with Crippen molar-refractivity contribution in [1.29, 1.82) is 0 Å². The standard InChI is InChI=1S/C10H9FN4O2/c11-9-6-13-7(5-8(9)10(16)17)3-1-2-4-14-15-12/h1,3,5-6H,2,4H2,(H,16,17). The third-order valence-corrected chi connectivity index (χ3v) is 1.85. The first-order chi connectivity index (χ1) is 8.15. The number of azide groups is 1. The van der Waals surface area contributed by atoms with Crippen LogP contribution in [-0.4, -0.2) is 22.6 Å². The molecule has 0 radical (unpaired) electrons. The van der Waals surface area contributed by atoms with Gasteiger partial charge in [-0.25, -0.2) is 9.18 Å². The highest BCUT2D eigenvalue weighted by molar-refractivity contribution is 5.88. The van der Waals surface area contributed by atoms with Crippen LogP contribution in [0.4, 0.5) is 4.39 Å². The number of aromatic carboxylic acids is 1. The highest BCUT2D eigenvalue weighted by Gasteiger charge is 2.10. The van der Waals surface area contributed by atoms with Crippen molar-refractivity contribution < 1.29 is 14.3 Å². The van der Waals surface area contributed by atoms with Gasteiger partial charge in [-0.2, -0.15) is 0 Å². The normalized spacial score (nSPS) is 10.2. The van der Waals surface area contributed by atoms with Crippen molar-refractivity contribution in [3.05, 3.63) is 45.9 Å². The average molecular weight is 236 g/mol. The highest BCUT2D eigenvalue weighted by Crippen LogP contribution is 2.09. The van der Waals surface area contributed by atoms with Gasteiger partial charge in [0.25, 0.3) is 0 Å². The predicted octanol–water partition coefficient (Wildman–Crippen LogP) is 2.63. The summed E-state index contributed by atoms with van der Waals surface area (Å²) in [7, 11) is 0. The monoisotopic (exact) mass is 236 g/mol. The lowest BCUT2D eigenvalue weighted by molar-refractivity contribution is 0.0691. The molecule has 1 N–H and O–H groups in total. The van der Waals surface area contributed by atoms with Crippen molar-refractivity contribution in [2.75, 3.05) is 6.54 Å². The molecule has 1 rings (SSSR count). The van der Waals surface area contributed by atoms with Gasteiger partial charge in [0.2, 0.25) is 0 Å². The van der Waals surface area contributed by atoms with Crippen LogP contribution >= 0.6 is 0 Å². The zero-order valence-corrected chi connectivity index (χ0v) is 8.75. The number of carbonyl (C=O) groups is 1. The third-order valence-electron chi connectivity index (χ3n) is 1.85. The first kappa shape index (κ1) is 12.7. The molecular weight excluding hydrogens is 227 g/mol. The molecule has 1 heterocycles. The molecule has 0 aromatic carbocycles. The Morgan fingerprint density at radius 1 is 1.71 bits per heavy atom. The molecule has 0 aliphatic carbocycles. The van der Waals surface area contributed by atoms with Gasteiger partial charge in [-0.05, 0) is 24.1 Å². The lowest BCUT2D eigenvalue weighted by atomic mass is 10.2. The Labute approximate surface area is 96.0 Å². The van der Waals surface area contributed by atoms with Crippen LogP contribution in [0.3, 0.4) is 0 Å². The highest BCUT2D eigenvalue weighted by atomic mass is 19.1. The first-order valence-corrected chi connectivity index (χ1v) is 4.71. The van der Waals surface area contributed by atoms with E-state index in [1.54, 1.807) is 12.2 Å². The summed E-state index contributed by atoms with van der Waals surface area (Å²) < 4.78 is 13.0. The largest absolute Gasteiger partial charge is 0.478 e. The molecule has 0 spiro atoms. The van der Waals surface area contributed by atoms with Crippen LogP contribution in [0.2, 0.25) is 0 Å². The van der Waals surface area contributed by atoms with Crippen LogP contribution in [0.1, 0.15) is 22.5 Å². The lowest BCUT2D eigenvalue weighted by Gasteiger charge is -1.98. The topological polar surface area (TPSA) is 99.0 Å². The van der Waals surface area contributed by atoms with Gasteiger partial charge in [0, 0.05) is 11.5 Å². The maximum atomic E-state index is 13.0. The van der Waals surface area contributed by atoms with Gasteiger partial charge < -0.3 is 5.11 Å². The predicted molar refractivity (Wildman–Crippen MR) is 58.8 cm³/mol. The fourth-order valence-corrected chi connectivity index (χ4v) is 1.09. The fraction of sp³-hybridized carbons (Fsp3) is 0.200. The van der Waals surface area contributed by atoms with Crippen molar-refractivity contribution in [2.45, 2.75) is 6.42 Å². The Morgan fingerprint density at radius 2 is 2.47 bits per heavy atom. The summed E-state index contributed by atoms with van der Waals surface area (Å²) in [6.45, 7) is 0.306. The van der Waals surface area contributed by atoms with Crippen LogP contribution in [-0.2, 0) is 0 Å². The fourth-order valence-electron chi connectivity index (χ4n) is 1.09. The van der Waals surface area contributed by atoms with Gasteiger partial charge in [0.05, 0.1) is 17.5 Å². The molecule has 1 aromatic rings. The van der Waals surface area contributed by atoms with Gasteiger partial charge >= 0.3 is 5.97 Å². The molecule has 0 bridgehead atoms. The van der Waals surface area contributed by atoms with Crippen LogP contribution in [0.5, 0.6) is 0 Å². The molecule has 0 saturated heterocycles. The molecule has 0 unspecified atom stereocenters. The Bertz CT molecular complexity index is 495. The minimum atomic E-state index is -1.34. The van der Waals surface area contributed by atoms with E-state index in [-0.39, 0.29) is 0 Å². The number of aromatic nitrogens is 1. The molecule has 0 aliphatic rings. The van der Waals surface area contributed by atoms with E-state index in [1.807, 2.05) is 0 Å². The van der Waals surface area contributed by atoms with Crippen molar-refractivity contribution in [1.82, 2.24) is 4.98 Å². The smallest absolute Gasteiger partial charge is 0.338 e. The molecular formula is C10H9FN4O2. The summed E-state index contributed by atoms with van der Waals surface area (Å²) in [5.41, 5.74) is 7.94. The van der Waals surface area contributed by atoms with Crippen LogP contribution in [0, 0.1) is 5.82 Å². The summed E-state index contributed by atoms with van der Waals surface area (Å²) >= 11 is 0. The van der Waals surface area contributed by atoms with Gasteiger partial charge in [-0.15, -0.1) is 0 Å². The zero-order valence-electron chi connectivity index (χ0n) is 8.75. The summed E-state index contributed by atoms with van der Waals surface area (Å²) in [6.07, 6.45) is 4.57. The molecule has 88 valence electrons. The van der Waals surface area contributed by atoms with E-state index in [4.69, 9.17) is 10.6 Å². The zero-order chi connectivity index (χ0) is 12.7. The summed E-state index contributed by atoms with van der Waals surface area (Å²) in [5, 5.41) is 12.0. The Hall–Kier alpha value is -2.40. The first-order valence-electron chi connectivity index (χ1n) is 4.71. The average Bonchev–Trinajstić information content (AvgIpc) is 2.30. The van der Waals surface area contributed by atoms with Gasteiger partial charge in [-0.3, -0.25) is 4.98 Å². The van der Waals surface area contributed by atoms with E-state index in [1.165, 1.54) is 0 Å². The molecule has 7 heteroatoms. The molecule has 17 heavy (non-hydrogen) atoms. The second-order valence-corrected chi connectivity index (χ2v) is 3.04. The van der Waals surface area contributed by atoms with Crippen LogP contribution < -0.4 is 0 Å². The lowest BCUT2D eigenvalue weighted by Crippen LogP contribution is -2.01. The van der Waals surface area contributed by atoms with E-state index >= 15 is 0 Å². The Kier molecular flexibility index (Phi) is 4.65. The maximum Gasteiger partial charge on any atom is 0.338 e. The second kappa shape index (κ2) is 6.24. The number of nitrogens with zero attached hydrogens (tertiary/aromatic N) is 4. The van der Waals surface area contributed by atoms with E-state index in [0.717, 1.165) is 12.3 Å².